The van der Waals surface area contributed by atoms with Crippen LogP contribution in [0.4, 0.5) is 0 Å². The summed E-state index contributed by atoms with van der Waals surface area (Å²) in [7, 11) is 0. The highest BCUT2D eigenvalue weighted by molar-refractivity contribution is 5.94. The van der Waals surface area contributed by atoms with Crippen LogP contribution >= 0.6 is 0 Å². The van der Waals surface area contributed by atoms with E-state index in [0.29, 0.717) is 0 Å². The minimum atomic E-state index is -2.58. The summed E-state index contributed by atoms with van der Waals surface area (Å²) in [6, 6.07) is 0. The monoisotopic (exact) mass is 214 g/mol. The number of hydrogen-bond donors (Lipinski definition) is 4. The van der Waals surface area contributed by atoms with Crippen LogP contribution in [0, 0.1) is 0 Å². The van der Waals surface area contributed by atoms with Gasteiger partial charge < -0.3 is 20.4 Å². The highest BCUT2D eigenvalue weighted by Gasteiger charge is 2.47. The van der Waals surface area contributed by atoms with E-state index in [1.54, 1.807) is 0 Å². The van der Waals surface area contributed by atoms with Crippen molar-refractivity contribution in [2.45, 2.75) is 18.6 Å². The van der Waals surface area contributed by atoms with Crippen molar-refractivity contribution in [2.24, 2.45) is 0 Å². The third kappa shape index (κ3) is 1.64. The van der Waals surface area contributed by atoms with Crippen LogP contribution in [0.3, 0.4) is 0 Å². The predicted molar refractivity (Wildman–Crippen MR) is 48.1 cm³/mol. The maximum Gasteiger partial charge on any atom is 0.342 e. The van der Waals surface area contributed by atoms with Gasteiger partial charge in [-0.2, -0.15) is 0 Å². The standard InChI is InChI=1S/C9H10O6/c1-4-2-3-9(15,8(13)14)6(10)5(4)7(11)12/h2-3,6,10,15H,1H3,(H,11,12)(H,13,14). The van der Waals surface area contributed by atoms with Gasteiger partial charge in [0.25, 0.3) is 0 Å². The third-order valence-corrected chi connectivity index (χ3v) is 2.28. The van der Waals surface area contributed by atoms with Gasteiger partial charge in [0.05, 0.1) is 5.57 Å². The van der Waals surface area contributed by atoms with Gasteiger partial charge in [-0.15, -0.1) is 0 Å². The average Bonchev–Trinajstić information content (AvgIpc) is 2.11. The molecule has 0 amide bonds. The molecular weight excluding hydrogens is 204 g/mol. The van der Waals surface area contributed by atoms with Gasteiger partial charge in [0.2, 0.25) is 5.60 Å². The van der Waals surface area contributed by atoms with Gasteiger partial charge in [0.1, 0.15) is 6.10 Å². The van der Waals surface area contributed by atoms with E-state index < -0.39 is 29.2 Å². The van der Waals surface area contributed by atoms with Crippen molar-refractivity contribution in [3.05, 3.63) is 23.3 Å². The van der Waals surface area contributed by atoms with E-state index in [2.05, 4.69) is 0 Å². The van der Waals surface area contributed by atoms with Gasteiger partial charge in [-0.1, -0.05) is 6.08 Å². The number of rotatable bonds is 2. The molecular formula is C9H10O6. The topological polar surface area (TPSA) is 115 Å². The number of carbonyl (C=O) groups is 2. The number of aliphatic carboxylic acids is 2. The van der Waals surface area contributed by atoms with Crippen LogP contribution < -0.4 is 0 Å². The Morgan fingerprint density at radius 1 is 1.40 bits per heavy atom. The molecule has 1 aliphatic carbocycles. The normalized spacial score (nSPS) is 30.5. The fourth-order valence-electron chi connectivity index (χ4n) is 1.34. The van der Waals surface area contributed by atoms with E-state index in [0.717, 1.165) is 12.2 Å². The molecule has 4 N–H and O–H groups in total. The molecule has 0 heterocycles. The van der Waals surface area contributed by atoms with Crippen LogP contribution in [0.1, 0.15) is 6.92 Å². The molecule has 0 aliphatic heterocycles. The highest BCUT2D eigenvalue weighted by atomic mass is 16.4. The summed E-state index contributed by atoms with van der Waals surface area (Å²) >= 11 is 0. The quantitative estimate of drug-likeness (QED) is 0.475. The second-order valence-electron chi connectivity index (χ2n) is 3.27. The highest BCUT2D eigenvalue weighted by Crippen LogP contribution is 2.28. The lowest BCUT2D eigenvalue weighted by molar-refractivity contribution is -0.162. The van der Waals surface area contributed by atoms with Crippen molar-refractivity contribution in [3.8, 4) is 0 Å². The number of aliphatic hydroxyl groups is 2. The fourth-order valence-corrected chi connectivity index (χ4v) is 1.34. The Balaban J connectivity index is 3.26. The molecule has 15 heavy (non-hydrogen) atoms. The molecule has 0 radical (unpaired) electrons. The Morgan fingerprint density at radius 2 is 1.93 bits per heavy atom. The summed E-state index contributed by atoms with van der Waals surface area (Å²) in [6.45, 7) is 1.41. The molecule has 6 nitrogen and oxygen atoms in total. The van der Waals surface area contributed by atoms with Crippen LogP contribution in [-0.2, 0) is 9.59 Å². The Morgan fingerprint density at radius 3 is 2.33 bits per heavy atom. The van der Waals surface area contributed by atoms with Crippen LogP contribution in [0.15, 0.2) is 23.3 Å². The van der Waals surface area contributed by atoms with Gasteiger partial charge >= 0.3 is 11.9 Å². The fraction of sp³-hybridized carbons (Fsp3) is 0.333. The van der Waals surface area contributed by atoms with Crippen LogP contribution in [0.25, 0.3) is 0 Å². The summed E-state index contributed by atoms with van der Waals surface area (Å²) in [4.78, 5) is 21.4. The molecule has 0 fully saturated rings. The SMILES string of the molecule is CC1=C(C(=O)O)C(O)C(O)(C(=O)O)C=C1. The molecule has 6 heteroatoms. The molecule has 1 rings (SSSR count). The van der Waals surface area contributed by atoms with E-state index in [1.807, 2.05) is 0 Å². The smallest absolute Gasteiger partial charge is 0.342 e. The molecule has 0 spiro atoms. The van der Waals surface area contributed by atoms with Gasteiger partial charge in [-0.25, -0.2) is 9.59 Å². The average molecular weight is 214 g/mol. The summed E-state index contributed by atoms with van der Waals surface area (Å²) in [5.41, 5.74) is -2.88. The summed E-state index contributed by atoms with van der Waals surface area (Å²) in [5.74, 6) is -3.15. The Bertz CT molecular complexity index is 380. The van der Waals surface area contributed by atoms with Crippen molar-refractivity contribution in [1.29, 1.82) is 0 Å². The van der Waals surface area contributed by atoms with E-state index in [4.69, 9.17) is 10.2 Å². The van der Waals surface area contributed by atoms with Gasteiger partial charge in [0.15, 0.2) is 0 Å². The third-order valence-electron chi connectivity index (χ3n) is 2.28. The van der Waals surface area contributed by atoms with Gasteiger partial charge in [0, 0.05) is 0 Å². The molecule has 2 atom stereocenters. The molecule has 0 aromatic rings. The lowest BCUT2D eigenvalue weighted by atomic mass is 9.83. The van der Waals surface area contributed by atoms with Gasteiger partial charge in [-0.3, -0.25) is 0 Å². The molecule has 2 unspecified atom stereocenters. The minimum absolute atomic E-state index is 0.209. The minimum Gasteiger partial charge on any atom is -0.479 e. The summed E-state index contributed by atoms with van der Waals surface area (Å²) in [6.07, 6.45) is 0.0454. The van der Waals surface area contributed by atoms with E-state index in [9.17, 15) is 19.8 Å². The van der Waals surface area contributed by atoms with Crippen molar-refractivity contribution < 1.29 is 30.0 Å². The van der Waals surface area contributed by atoms with Crippen molar-refractivity contribution in [1.82, 2.24) is 0 Å². The van der Waals surface area contributed by atoms with Crippen LogP contribution in [0.5, 0.6) is 0 Å². The maximum atomic E-state index is 10.7. The molecule has 0 bridgehead atoms. The van der Waals surface area contributed by atoms with Crippen molar-refractivity contribution in [3.63, 3.8) is 0 Å². The molecule has 0 saturated heterocycles. The molecule has 1 aliphatic rings. The number of aliphatic hydroxyl groups excluding tert-OH is 1. The predicted octanol–water partition coefficient (Wildman–Crippen LogP) is -0.866. The zero-order valence-corrected chi connectivity index (χ0v) is 7.84. The zero-order chi connectivity index (χ0) is 11.8. The molecule has 82 valence electrons. The first kappa shape index (κ1) is 11.4. The first-order valence-corrected chi connectivity index (χ1v) is 4.08. The first-order valence-electron chi connectivity index (χ1n) is 4.08. The second-order valence-corrected chi connectivity index (χ2v) is 3.27. The molecule has 0 aromatic heterocycles. The Labute approximate surface area is 84.8 Å². The number of allylic oxidation sites excluding steroid dienone is 2. The first-order chi connectivity index (χ1) is 6.80. The van der Waals surface area contributed by atoms with Crippen molar-refractivity contribution >= 4 is 11.9 Å². The number of carboxylic acids is 2. The van der Waals surface area contributed by atoms with Crippen molar-refractivity contribution in [2.75, 3.05) is 0 Å². The number of carboxylic acid groups (broad SMARTS) is 2. The van der Waals surface area contributed by atoms with E-state index in [1.165, 1.54) is 6.92 Å². The molecule has 0 aromatic carbocycles. The maximum absolute atomic E-state index is 10.7. The lowest BCUT2D eigenvalue weighted by Gasteiger charge is -2.29. The van der Waals surface area contributed by atoms with Crippen LogP contribution in [-0.4, -0.2) is 44.1 Å². The Kier molecular flexibility index (Phi) is 2.65. The summed E-state index contributed by atoms with van der Waals surface area (Å²) in [5, 5.41) is 36.4. The van der Waals surface area contributed by atoms with E-state index in [-0.39, 0.29) is 5.57 Å². The largest absolute Gasteiger partial charge is 0.479 e. The van der Waals surface area contributed by atoms with Gasteiger partial charge in [-0.05, 0) is 18.6 Å². The lowest BCUT2D eigenvalue weighted by Crippen LogP contribution is -2.51. The second kappa shape index (κ2) is 3.48. The van der Waals surface area contributed by atoms with Crippen LogP contribution in [0.2, 0.25) is 0 Å². The Hall–Kier alpha value is -1.66. The van der Waals surface area contributed by atoms with E-state index >= 15 is 0 Å². The molecule has 0 saturated carbocycles. The zero-order valence-electron chi connectivity index (χ0n) is 7.84. The number of hydrogen-bond acceptors (Lipinski definition) is 4. The summed E-state index contributed by atoms with van der Waals surface area (Å²) < 4.78 is 0.